The van der Waals surface area contributed by atoms with Gasteiger partial charge in [0.1, 0.15) is 0 Å². The first-order chi connectivity index (χ1) is 9.40. The van der Waals surface area contributed by atoms with Crippen LogP contribution in [-0.2, 0) is 0 Å². The third-order valence-corrected chi connectivity index (χ3v) is 4.30. The van der Waals surface area contributed by atoms with Crippen molar-refractivity contribution in [2.75, 3.05) is 19.7 Å². The molecule has 19 heavy (non-hydrogen) atoms. The molecule has 0 heterocycles. The molecule has 0 spiro atoms. The van der Waals surface area contributed by atoms with Crippen LogP contribution in [0.15, 0.2) is 30.3 Å². The van der Waals surface area contributed by atoms with Crippen LogP contribution in [0.25, 0.3) is 0 Å². The average Bonchev–Trinajstić information content (AvgIpc) is 2.48. The molecule has 1 atom stereocenters. The molecule has 1 saturated carbocycles. The van der Waals surface area contributed by atoms with Crippen LogP contribution < -0.4 is 5.32 Å². The lowest BCUT2D eigenvalue weighted by molar-refractivity contribution is 0.270. The maximum absolute atomic E-state index is 9.22. The fraction of sp³-hybridized carbons (Fsp3) is 0.647. The summed E-state index contributed by atoms with van der Waals surface area (Å²) in [6, 6.07) is 10.6. The van der Waals surface area contributed by atoms with Crippen LogP contribution in [0.2, 0.25) is 0 Å². The molecule has 0 bridgehead atoms. The molecular weight excluding hydrogens is 234 g/mol. The molecule has 106 valence electrons. The summed E-state index contributed by atoms with van der Waals surface area (Å²) < 4.78 is 0. The van der Waals surface area contributed by atoms with Crippen molar-refractivity contribution >= 4 is 0 Å². The Kier molecular flexibility index (Phi) is 6.38. The highest BCUT2D eigenvalue weighted by molar-refractivity contribution is 5.19. The predicted molar refractivity (Wildman–Crippen MR) is 80.3 cm³/mol. The molecule has 0 amide bonds. The molecule has 2 rings (SSSR count). The monoisotopic (exact) mass is 261 g/mol. The lowest BCUT2D eigenvalue weighted by Gasteiger charge is -2.24. The van der Waals surface area contributed by atoms with E-state index in [9.17, 15) is 5.11 Å². The maximum Gasteiger partial charge on any atom is 0.0437 e. The van der Waals surface area contributed by atoms with Gasteiger partial charge in [-0.2, -0.15) is 0 Å². The van der Waals surface area contributed by atoms with Crippen molar-refractivity contribution in [3.8, 4) is 0 Å². The van der Waals surface area contributed by atoms with Crippen molar-refractivity contribution < 1.29 is 5.11 Å². The molecule has 1 aliphatic carbocycles. The van der Waals surface area contributed by atoms with E-state index in [1.165, 1.54) is 37.7 Å². The molecule has 1 unspecified atom stereocenters. The first-order valence-corrected chi connectivity index (χ1v) is 7.76. The van der Waals surface area contributed by atoms with Crippen molar-refractivity contribution in [1.29, 1.82) is 0 Å². The maximum atomic E-state index is 9.22. The van der Waals surface area contributed by atoms with E-state index in [0.717, 1.165) is 25.4 Å². The van der Waals surface area contributed by atoms with Gasteiger partial charge in [0.2, 0.25) is 0 Å². The molecule has 2 N–H and O–H groups in total. The molecular formula is C17H27NO. The summed E-state index contributed by atoms with van der Waals surface area (Å²) in [5.74, 6) is 1.31. The van der Waals surface area contributed by atoms with Crippen LogP contribution in [-0.4, -0.2) is 24.8 Å². The molecule has 0 aliphatic heterocycles. The fourth-order valence-electron chi connectivity index (χ4n) is 3.12. The standard InChI is InChI=1S/C17H27NO/c19-12-11-17(16-9-5-2-6-10-16)14-18-13-15-7-3-1-4-8-15/h2,5-6,9-10,15,17-19H,1,3-4,7-8,11-14H2. The molecule has 1 aliphatic rings. The Morgan fingerprint density at radius 2 is 1.84 bits per heavy atom. The number of benzene rings is 1. The fourth-order valence-corrected chi connectivity index (χ4v) is 3.12. The highest BCUT2D eigenvalue weighted by Crippen LogP contribution is 2.23. The smallest absolute Gasteiger partial charge is 0.0437 e. The minimum absolute atomic E-state index is 0.269. The number of aliphatic hydroxyl groups excluding tert-OH is 1. The number of hydrogen-bond acceptors (Lipinski definition) is 2. The summed E-state index contributed by atoms with van der Waals surface area (Å²) >= 11 is 0. The zero-order valence-electron chi connectivity index (χ0n) is 11.9. The summed E-state index contributed by atoms with van der Waals surface area (Å²) in [7, 11) is 0. The first kappa shape index (κ1) is 14.5. The Labute approximate surface area is 117 Å². The van der Waals surface area contributed by atoms with Gasteiger partial charge in [-0.3, -0.25) is 0 Å². The molecule has 1 aromatic carbocycles. The third kappa shape index (κ3) is 4.96. The van der Waals surface area contributed by atoms with Crippen LogP contribution in [0, 0.1) is 5.92 Å². The van der Waals surface area contributed by atoms with E-state index in [1.54, 1.807) is 0 Å². The second-order valence-electron chi connectivity index (χ2n) is 5.78. The third-order valence-electron chi connectivity index (χ3n) is 4.30. The summed E-state index contributed by atoms with van der Waals surface area (Å²) in [6.07, 6.45) is 7.87. The number of hydrogen-bond donors (Lipinski definition) is 2. The molecule has 2 nitrogen and oxygen atoms in total. The topological polar surface area (TPSA) is 32.3 Å². The van der Waals surface area contributed by atoms with Gasteiger partial charge in [0.25, 0.3) is 0 Å². The lowest BCUT2D eigenvalue weighted by atomic mass is 9.89. The van der Waals surface area contributed by atoms with Crippen LogP contribution in [0.3, 0.4) is 0 Å². The van der Waals surface area contributed by atoms with Gasteiger partial charge < -0.3 is 10.4 Å². The van der Waals surface area contributed by atoms with Crippen molar-refractivity contribution in [3.05, 3.63) is 35.9 Å². The van der Waals surface area contributed by atoms with Crippen LogP contribution >= 0.6 is 0 Å². The number of nitrogens with one attached hydrogen (secondary N) is 1. The highest BCUT2D eigenvalue weighted by Gasteiger charge is 2.15. The summed E-state index contributed by atoms with van der Waals surface area (Å²) in [5, 5.41) is 12.8. The van der Waals surface area contributed by atoms with Gasteiger partial charge >= 0.3 is 0 Å². The minimum Gasteiger partial charge on any atom is -0.396 e. The van der Waals surface area contributed by atoms with Gasteiger partial charge in [-0.25, -0.2) is 0 Å². The molecule has 1 fully saturated rings. The Bertz CT molecular complexity index is 332. The summed E-state index contributed by atoms with van der Waals surface area (Å²) in [6.45, 7) is 2.40. The van der Waals surface area contributed by atoms with E-state index in [4.69, 9.17) is 0 Å². The zero-order valence-corrected chi connectivity index (χ0v) is 11.9. The second kappa shape index (κ2) is 8.34. The summed E-state index contributed by atoms with van der Waals surface area (Å²) in [5.41, 5.74) is 1.34. The second-order valence-corrected chi connectivity index (χ2v) is 5.78. The van der Waals surface area contributed by atoms with Crippen LogP contribution in [0.5, 0.6) is 0 Å². The average molecular weight is 261 g/mol. The van der Waals surface area contributed by atoms with Gasteiger partial charge in [0.05, 0.1) is 0 Å². The normalized spacial score (nSPS) is 18.4. The Balaban J connectivity index is 1.77. The Hall–Kier alpha value is -0.860. The van der Waals surface area contributed by atoms with Crippen molar-refractivity contribution in [1.82, 2.24) is 5.32 Å². The highest BCUT2D eigenvalue weighted by atomic mass is 16.3. The minimum atomic E-state index is 0.269. The van der Waals surface area contributed by atoms with Gasteiger partial charge in [0.15, 0.2) is 0 Å². The Morgan fingerprint density at radius 1 is 1.11 bits per heavy atom. The predicted octanol–water partition coefficient (Wildman–Crippen LogP) is 3.32. The van der Waals surface area contributed by atoms with E-state index < -0.39 is 0 Å². The van der Waals surface area contributed by atoms with Gasteiger partial charge in [-0.05, 0) is 43.2 Å². The van der Waals surface area contributed by atoms with Crippen LogP contribution in [0.1, 0.15) is 50.0 Å². The first-order valence-electron chi connectivity index (χ1n) is 7.76. The van der Waals surface area contributed by atoms with Crippen LogP contribution in [0.4, 0.5) is 0 Å². The molecule has 1 aromatic rings. The van der Waals surface area contributed by atoms with E-state index in [0.29, 0.717) is 5.92 Å². The van der Waals surface area contributed by atoms with Gasteiger partial charge in [-0.1, -0.05) is 49.6 Å². The number of aliphatic hydroxyl groups is 1. The van der Waals surface area contributed by atoms with E-state index in [-0.39, 0.29) is 6.61 Å². The van der Waals surface area contributed by atoms with E-state index in [1.807, 2.05) is 0 Å². The summed E-state index contributed by atoms with van der Waals surface area (Å²) in [4.78, 5) is 0. The van der Waals surface area contributed by atoms with Gasteiger partial charge in [0, 0.05) is 13.2 Å². The molecule has 0 radical (unpaired) electrons. The zero-order chi connectivity index (χ0) is 13.3. The van der Waals surface area contributed by atoms with Gasteiger partial charge in [-0.15, -0.1) is 0 Å². The SMILES string of the molecule is OCCC(CNCC1CCCCC1)c1ccccc1. The van der Waals surface area contributed by atoms with E-state index >= 15 is 0 Å². The quantitative estimate of drug-likeness (QED) is 0.789. The lowest BCUT2D eigenvalue weighted by Crippen LogP contribution is -2.28. The number of rotatable bonds is 7. The molecule has 0 saturated heterocycles. The van der Waals surface area contributed by atoms with E-state index in [2.05, 4.69) is 35.6 Å². The van der Waals surface area contributed by atoms with Crippen molar-refractivity contribution in [2.24, 2.45) is 5.92 Å². The van der Waals surface area contributed by atoms with Crippen molar-refractivity contribution in [3.63, 3.8) is 0 Å². The molecule has 2 heteroatoms. The molecule has 0 aromatic heterocycles. The Morgan fingerprint density at radius 3 is 2.53 bits per heavy atom. The largest absolute Gasteiger partial charge is 0.396 e. The van der Waals surface area contributed by atoms with Crippen molar-refractivity contribution in [2.45, 2.75) is 44.4 Å².